The molecule has 0 bridgehead atoms. The Balaban J connectivity index is 1.74. The lowest BCUT2D eigenvalue weighted by molar-refractivity contribution is -0.120. The molecule has 20 heavy (non-hydrogen) atoms. The highest BCUT2D eigenvalue weighted by molar-refractivity contribution is 5.80. The number of aromatic amines is 1. The minimum absolute atomic E-state index is 0.261. The fraction of sp³-hybridized carbons (Fsp3) is 0.286. The molecule has 4 N–H and O–H groups in total. The van der Waals surface area contributed by atoms with Gasteiger partial charge in [-0.1, -0.05) is 30.3 Å². The predicted molar refractivity (Wildman–Crippen MR) is 74.5 cm³/mol. The first-order valence-electron chi connectivity index (χ1n) is 6.37. The van der Waals surface area contributed by atoms with E-state index < -0.39 is 11.9 Å². The van der Waals surface area contributed by atoms with Crippen molar-refractivity contribution in [3.8, 4) is 0 Å². The fourth-order valence-electron chi connectivity index (χ4n) is 1.79. The third kappa shape index (κ3) is 4.49. The number of benzene rings is 1. The van der Waals surface area contributed by atoms with Gasteiger partial charge in [-0.05, 0) is 5.56 Å². The number of carbonyl (C=O) groups excluding carboxylic acids is 1. The summed E-state index contributed by atoms with van der Waals surface area (Å²) in [6.07, 6.45) is 3.70. The van der Waals surface area contributed by atoms with E-state index in [0.717, 1.165) is 11.3 Å². The molecule has 0 fully saturated rings. The summed E-state index contributed by atoms with van der Waals surface area (Å²) in [5, 5.41) is 2.98. The van der Waals surface area contributed by atoms with Gasteiger partial charge in [-0.15, -0.1) is 0 Å². The Hall–Kier alpha value is -2.18. The van der Waals surface area contributed by atoms with Gasteiger partial charge >= 0.3 is 0 Å². The van der Waals surface area contributed by atoms with Crippen molar-refractivity contribution in [3.05, 3.63) is 54.1 Å². The average Bonchev–Trinajstić information content (AvgIpc) is 2.96. The first-order valence-corrected chi connectivity index (χ1v) is 6.37. The molecule has 0 radical (unpaired) electrons. The molecule has 0 aliphatic heterocycles. The van der Waals surface area contributed by atoms with Crippen molar-refractivity contribution >= 4 is 5.91 Å². The zero-order valence-corrected chi connectivity index (χ0v) is 11.1. The zero-order valence-electron chi connectivity index (χ0n) is 11.1. The van der Waals surface area contributed by atoms with Crippen molar-refractivity contribution in [3.63, 3.8) is 0 Å². The summed E-state index contributed by atoms with van der Waals surface area (Å²) in [6, 6.07) is 9.35. The van der Waals surface area contributed by atoms with E-state index in [2.05, 4.69) is 15.3 Å². The van der Waals surface area contributed by atoms with E-state index in [9.17, 15) is 4.79 Å². The zero-order chi connectivity index (χ0) is 14.2. The number of hydrogen-bond acceptors (Lipinski definition) is 4. The molecule has 6 heteroatoms. The largest absolute Gasteiger partial charge is 0.368 e. The van der Waals surface area contributed by atoms with Gasteiger partial charge in [0.1, 0.15) is 0 Å². The molecule has 106 valence electrons. The van der Waals surface area contributed by atoms with Crippen molar-refractivity contribution < 1.29 is 9.53 Å². The number of rotatable bonds is 8. The van der Waals surface area contributed by atoms with Crippen LogP contribution in [0.15, 0.2) is 42.9 Å². The van der Waals surface area contributed by atoms with Gasteiger partial charge in [-0.2, -0.15) is 0 Å². The summed E-state index contributed by atoms with van der Waals surface area (Å²) >= 11 is 0. The van der Waals surface area contributed by atoms with E-state index in [0.29, 0.717) is 13.0 Å². The molecule has 0 saturated carbocycles. The molecule has 1 amide bonds. The number of primary amides is 1. The topological polar surface area (TPSA) is 93.0 Å². The lowest BCUT2D eigenvalue weighted by Gasteiger charge is -2.14. The number of hydrogen-bond donors (Lipinski definition) is 3. The van der Waals surface area contributed by atoms with Gasteiger partial charge < -0.3 is 15.5 Å². The van der Waals surface area contributed by atoms with Gasteiger partial charge in [0.25, 0.3) is 0 Å². The Kier molecular flexibility index (Phi) is 5.28. The molecule has 1 aromatic heterocycles. The van der Waals surface area contributed by atoms with Crippen molar-refractivity contribution in [1.82, 2.24) is 15.3 Å². The van der Waals surface area contributed by atoms with Crippen LogP contribution in [0.1, 0.15) is 11.3 Å². The van der Waals surface area contributed by atoms with Crippen LogP contribution in [0.3, 0.4) is 0 Å². The summed E-state index contributed by atoms with van der Waals surface area (Å²) in [5.41, 5.74) is 7.29. The maximum Gasteiger partial charge on any atom is 0.235 e. The van der Waals surface area contributed by atoms with Gasteiger partial charge in [0, 0.05) is 18.3 Å². The van der Waals surface area contributed by atoms with Crippen LogP contribution < -0.4 is 11.1 Å². The molecule has 0 aliphatic rings. The highest BCUT2D eigenvalue weighted by atomic mass is 16.5. The van der Waals surface area contributed by atoms with E-state index in [1.165, 1.54) is 0 Å². The third-order valence-electron chi connectivity index (χ3n) is 2.87. The molecule has 0 spiro atoms. The molecule has 2 aromatic rings. The van der Waals surface area contributed by atoms with Gasteiger partial charge in [0.05, 0.1) is 25.7 Å². The summed E-state index contributed by atoms with van der Waals surface area (Å²) < 4.78 is 5.47. The smallest absolute Gasteiger partial charge is 0.235 e. The first kappa shape index (κ1) is 14.2. The Morgan fingerprint density at radius 2 is 2.20 bits per heavy atom. The molecule has 1 atom stereocenters. The van der Waals surface area contributed by atoms with Crippen LogP contribution in [0.4, 0.5) is 0 Å². The van der Waals surface area contributed by atoms with Gasteiger partial charge in [-0.3, -0.25) is 10.1 Å². The molecule has 1 aromatic carbocycles. The van der Waals surface area contributed by atoms with Gasteiger partial charge in [0.2, 0.25) is 5.91 Å². The average molecular weight is 274 g/mol. The standard InChI is InChI=1S/C14H18N4O2/c15-14(19)13(6-12-7-16-9-17-12)18-10-20-8-11-4-2-1-3-5-11/h1-5,7,9,13,18H,6,8,10H2,(H2,15,19)(H,16,17)/t13-/m0/s1. The number of aromatic nitrogens is 2. The van der Waals surface area contributed by atoms with E-state index in [4.69, 9.17) is 10.5 Å². The molecule has 0 aliphatic carbocycles. The number of H-pyrrole nitrogens is 1. The quantitative estimate of drug-likeness (QED) is 0.484. The molecular weight excluding hydrogens is 256 g/mol. The second kappa shape index (κ2) is 7.42. The van der Waals surface area contributed by atoms with Crippen LogP contribution in [0.5, 0.6) is 0 Å². The van der Waals surface area contributed by atoms with Crippen LogP contribution in [0.2, 0.25) is 0 Å². The Morgan fingerprint density at radius 1 is 1.40 bits per heavy atom. The summed E-state index contributed by atoms with van der Waals surface area (Å²) in [4.78, 5) is 18.2. The normalized spacial score (nSPS) is 12.2. The van der Waals surface area contributed by atoms with Crippen LogP contribution in [-0.2, 0) is 22.6 Å². The summed E-state index contributed by atoms with van der Waals surface area (Å²) in [7, 11) is 0. The second-order valence-corrected chi connectivity index (χ2v) is 4.42. The number of amides is 1. The van der Waals surface area contributed by atoms with E-state index in [1.54, 1.807) is 12.5 Å². The number of imidazole rings is 1. The number of nitrogens with one attached hydrogen (secondary N) is 2. The summed E-state index contributed by atoms with van der Waals surface area (Å²) in [6.45, 7) is 0.750. The monoisotopic (exact) mass is 274 g/mol. The minimum atomic E-state index is -0.480. The van der Waals surface area contributed by atoms with Gasteiger partial charge in [0.15, 0.2) is 0 Å². The fourth-order valence-corrected chi connectivity index (χ4v) is 1.79. The Bertz CT molecular complexity index is 513. The number of nitrogens with zero attached hydrogens (tertiary/aromatic N) is 1. The maximum atomic E-state index is 11.4. The van der Waals surface area contributed by atoms with Crippen molar-refractivity contribution in [1.29, 1.82) is 0 Å². The molecular formula is C14H18N4O2. The lowest BCUT2D eigenvalue weighted by atomic mass is 10.1. The lowest BCUT2D eigenvalue weighted by Crippen LogP contribution is -2.43. The van der Waals surface area contributed by atoms with Crippen molar-refractivity contribution in [2.45, 2.75) is 19.1 Å². The van der Waals surface area contributed by atoms with Crippen molar-refractivity contribution in [2.75, 3.05) is 6.73 Å². The van der Waals surface area contributed by atoms with Gasteiger partial charge in [-0.25, -0.2) is 4.98 Å². The van der Waals surface area contributed by atoms with Crippen LogP contribution in [0.25, 0.3) is 0 Å². The molecule has 2 rings (SSSR count). The van der Waals surface area contributed by atoms with Crippen LogP contribution in [-0.4, -0.2) is 28.6 Å². The van der Waals surface area contributed by atoms with Crippen molar-refractivity contribution in [2.24, 2.45) is 5.73 Å². The summed E-state index contributed by atoms with van der Waals surface area (Å²) in [5.74, 6) is -0.414. The number of carbonyl (C=O) groups is 1. The van der Waals surface area contributed by atoms with E-state index >= 15 is 0 Å². The SMILES string of the molecule is NC(=O)[C@H](Cc1cnc[nH]1)NCOCc1ccccc1. The number of nitrogens with two attached hydrogens (primary N) is 1. The van der Waals surface area contributed by atoms with E-state index in [1.807, 2.05) is 30.3 Å². The predicted octanol–water partition coefficient (Wildman–Crippen LogP) is 0.570. The highest BCUT2D eigenvalue weighted by Gasteiger charge is 2.15. The molecule has 0 unspecified atom stereocenters. The first-order chi connectivity index (χ1) is 9.75. The molecule has 0 saturated heterocycles. The maximum absolute atomic E-state index is 11.4. The van der Waals surface area contributed by atoms with Crippen LogP contribution >= 0.6 is 0 Å². The Morgan fingerprint density at radius 3 is 2.85 bits per heavy atom. The third-order valence-corrected chi connectivity index (χ3v) is 2.87. The second-order valence-electron chi connectivity index (χ2n) is 4.42. The van der Waals surface area contributed by atoms with Crippen LogP contribution in [0, 0.1) is 0 Å². The molecule has 1 heterocycles. The number of ether oxygens (including phenoxy) is 1. The Labute approximate surface area is 117 Å². The minimum Gasteiger partial charge on any atom is -0.368 e. The molecule has 6 nitrogen and oxygen atoms in total. The van der Waals surface area contributed by atoms with E-state index in [-0.39, 0.29) is 6.73 Å². The highest BCUT2D eigenvalue weighted by Crippen LogP contribution is 2.01.